The highest BCUT2D eigenvalue weighted by Crippen LogP contribution is 2.39. The van der Waals surface area contributed by atoms with Crippen molar-refractivity contribution >= 4 is 11.9 Å². The third kappa shape index (κ3) is 1.84. The van der Waals surface area contributed by atoms with E-state index in [2.05, 4.69) is 0 Å². The van der Waals surface area contributed by atoms with Crippen LogP contribution in [0, 0.1) is 0 Å². The zero-order valence-electron chi connectivity index (χ0n) is 11.0. The SMILES string of the molecule is CN1C(=O)N(C)C(c2ccccc2O)C(C)(O)C1=O. The Balaban J connectivity index is 2.57. The maximum absolute atomic E-state index is 12.0. The molecule has 1 aromatic carbocycles. The van der Waals surface area contributed by atoms with Gasteiger partial charge in [-0.2, -0.15) is 0 Å². The van der Waals surface area contributed by atoms with Gasteiger partial charge in [-0.25, -0.2) is 4.79 Å². The highest BCUT2D eigenvalue weighted by Gasteiger charge is 2.52. The van der Waals surface area contributed by atoms with Crippen LogP contribution in [0.15, 0.2) is 24.3 Å². The van der Waals surface area contributed by atoms with Gasteiger partial charge in [-0.05, 0) is 13.0 Å². The summed E-state index contributed by atoms with van der Waals surface area (Å²) in [6.45, 7) is 1.34. The van der Waals surface area contributed by atoms with E-state index in [9.17, 15) is 19.8 Å². The average molecular weight is 264 g/mol. The topological polar surface area (TPSA) is 81.1 Å². The fourth-order valence-electron chi connectivity index (χ4n) is 2.50. The Bertz CT molecular complexity index is 541. The molecule has 0 aliphatic carbocycles. The monoisotopic (exact) mass is 264 g/mol. The smallest absolute Gasteiger partial charge is 0.326 e. The fraction of sp³-hybridized carbons (Fsp3) is 0.385. The number of urea groups is 1. The molecule has 6 nitrogen and oxygen atoms in total. The largest absolute Gasteiger partial charge is 0.508 e. The van der Waals surface area contributed by atoms with E-state index in [4.69, 9.17) is 0 Å². The van der Waals surface area contributed by atoms with Crippen LogP contribution in [0.4, 0.5) is 4.79 Å². The third-order valence-electron chi connectivity index (χ3n) is 3.48. The van der Waals surface area contributed by atoms with Gasteiger partial charge in [0, 0.05) is 19.7 Å². The number of aromatic hydroxyl groups is 1. The zero-order chi connectivity index (χ0) is 14.4. The molecule has 1 aliphatic rings. The number of likely N-dealkylation sites (N-methyl/N-ethyl adjacent to an activating group) is 2. The number of para-hydroxylation sites is 1. The van der Waals surface area contributed by atoms with Gasteiger partial charge in [0.05, 0.1) is 6.04 Å². The second-order valence-electron chi connectivity index (χ2n) is 4.87. The van der Waals surface area contributed by atoms with Crippen molar-refractivity contribution in [2.45, 2.75) is 18.6 Å². The second-order valence-corrected chi connectivity index (χ2v) is 4.87. The van der Waals surface area contributed by atoms with Crippen molar-refractivity contribution in [1.82, 2.24) is 9.80 Å². The molecule has 1 fully saturated rings. The summed E-state index contributed by atoms with van der Waals surface area (Å²) in [6, 6.07) is 4.89. The number of carbonyl (C=O) groups excluding carboxylic acids is 2. The number of carbonyl (C=O) groups is 2. The Morgan fingerprint density at radius 1 is 1.21 bits per heavy atom. The van der Waals surface area contributed by atoms with Crippen LogP contribution in [0.5, 0.6) is 5.75 Å². The summed E-state index contributed by atoms with van der Waals surface area (Å²) in [4.78, 5) is 26.1. The van der Waals surface area contributed by atoms with E-state index in [1.54, 1.807) is 18.2 Å². The quantitative estimate of drug-likeness (QED) is 0.782. The number of imide groups is 1. The standard InChI is InChI=1S/C13H16N2O4/c1-13(19)10(8-6-4-5-7-9(8)16)14(2)12(18)15(3)11(13)17/h4-7,10,16,19H,1-3H3. The van der Waals surface area contributed by atoms with Gasteiger partial charge < -0.3 is 15.1 Å². The molecular weight excluding hydrogens is 248 g/mol. The number of amides is 3. The van der Waals surface area contributed by atoms with Gasteiger partial charge in [0.1, 0.15) is 5.75 Å². The first-order valence-corrected chi connectivity index (χ1v) is 5.83. The van der Waals surface area contributed by atoms with Crippen LogP contribution in [0.1, 0.15) is 18.5 Å². The lowest BCUT2D eigenvalue weighted by molar-refractivity contribution is -0.157. The van der Waals surface area contributed by atoms with Crippen LogP contribution in [0.25, 0.3) is 0 Å². The molecule has 1 saturated heterocycles. The molecule has 0 spiro atoms. The van der Waals surface area contributed by atoms with Crippen molar-refractivity contribution in [3.05, 3.63) is 29.8 Å². The van der Waals surface area contributed by atoms with Crippen molar-refractivity contribution in [3.63, 3.8) is 0 Å². The van der Waals surface area contributed by atoms with Crippen molar-refractivity contribution in [1.29, 1.82) is 0 Å². The number of rotatable bonds is 1. The number of nitrogens with zero attached hydrogens (tertiary/aromatic N) is 2. The van der Waals surface area contributed by atoms with E-state index in [0.717, 1.165) is 4.90 Å². The average Bonchev–Trinajstić information content (AvgIpc) is 2.37. The number of aliphatic hydroxyl groups is 1. The summed E-state index contributed by atoms with van der Waals surface area (Å²) < 4.78 is 0. The van der Waals surface area contributed by atoms with Crippen LogP contribution < -0.4 is 0 Å². The minimum atomic E-state index is -1.80. The van der Waals surface area contributed by atoms with Gasteiger partial charge in [0.25, 0.3) is 5.91 Å². The van der Waals surface area contributed by atoms with Crippen molar-refractivity contribution in [2.24, 2.45) is 0 Å². The number of hydrogen-bond acceptors (Lipinski definition) is 4. The summed E-state index contributed by atoms with van der Waals surface area (Å²) in [5.74, 6) is -0.756. The molecule has 0 saturated carbocycles. The summed E-state index contributed by atoms with van der Waals surface area (Å²) in [5, 5.41) is 20.3. The molecule has 0 bridgehead atoms. The predicted octanol–water partition coefficient (Wildman–Crippen LogP) is 0.708. The molecule has 102 valence electrons. The molecule has 2 unspecified atom stereocenters. The molecule has 1 aliphatic heterocycles. The molecule has 2 rings (SSSR count). The van der Waals surface area contributed by atoms with Gasteiger partial charge >= 0.3 is 6.03 Å². The Morgan fingerprint density at radius 3 is 2.37 bits per heavy atom. The number of hydrogen-bond donors (Lipinski definition) is 2. The molecule has 3 amide bonds. The zero-order valence-corrected chi connectivity index (χ0v) is 11.0. The first kappa shape index (κ1) is 13.4. The van der Waals surface area contributed by atoms with E-state index in [1.807, 2.05) is 0 Å². The van der Waals surface area contributed by atoms with Crippen LogP contribution in [-0.4, -0.2) is 51.6 Å². The fourth-order valence-corrected chi connectivity index (χ4v) is 2.50. The van der Waals surface area contributed by atoms with Gasteiger partial charge in [-0.15, -0.1) is 0 Å². The number of benzene rings is 1. The maximum atomic E-state index is 12.0. The summed E-state index contributed by atoms with van der Waals surface area (Å²) in [7, 11) is 2.80. The van der Waals surface area contributed by atoms with E-state index in [0.29, 0.717) is 5.56 Å². The molecule has 0 aromatic heterocycles. The number of phenolic OH excluding ortho intramolecular Hbond substituents is 1. The maximum Gasteiger partial charge on any atom is 0.326 e. The molecule has 2 atom stereocenters. The van der Waals surface area contributed by atoms with Crippen LogP contribution in [-0.2, 0) is 4.79 Å². The van der Waals surface area contributed by atoms with Crippen LogP contribution in [0.2, 0.25) is 0 Å². The summed E-state index contributed by atoms with van der Waals surface area (Å²) >= 11 is 0. The van der Waals surface area contributed by atoms with Gasteiger partial charge in [0.2, 0.25) is 0 Å². The minimum Gasteiger partial charge on any atom is -0.508 e. The normalized spacial score (nSPS) is 27.9. The minimum absolute atomic E-state index is 0.0650. The van der Waals surface area contributed by atoms with E-state index in [-0.39, 0.29) is 5.75 Å². The van der Waals surface area contributed by atoms with Crippen molar-refractivity contribution < 1.29 is 19.8 Å². The molecule has 19 heavy (non-hydrogen) atoms. The molecule has 6 heteroatoms. The predicted molar refractivity (Wildman–Crippen MR) is 67.4 cm³/mol. The van der Waals surface area contributed by atoms with E-state index >= 15 is 0 Å². The van der Waals surface area contributed by atoms with E-state index < -0.39 is 23.6 Å². The third-order valence-corrected chi connectivity index (χ3v) is 3.48. The Morgan fingerprint density at radius 2 is 1.79 bits per heavy atom. The van der Waals surface area contributed by atoms with Gasteiger partial charge in [-0.1, -0.05) is 18.2 Å². The Kier molecular flexibility index (Phi) is 2.98. The van der Waals surface area contributed by atoms with Gasteiger partial charge in [0.15, 0.2) is 5.60 Å². The summed E-state index contributed by atoms with van der Waals surface area (Å²) in [5.41, 5.74) is -1.46. The Hall–Kier alpha value is -2.08. The lowest BCUT2D eigenvalue weighted by Gasteiger charge is -2.45. The molecular formula is C13H16N2O4. The highest BCUT2D eigenvalue weighted by molar-refractivity contribution is 6.01. The Labute approximate surface area is 110 Å². The first-order chi connectivity index (χ1) is 8.78. The van der Waals surface area contributed by atoms with Crippen molar-refractivity contribution in [3.8, 4) is 5.75 Å². The first-order valence-electron chi connectivity index (χ1n) is 5.83. The molecule has 1 aromatic rings. The van der Waals surface area contributed by atoms with Crippen LogP contribution in [0.3, 0.4) is 0 Å². The highest BCUT2D eigenvalue weighted by atomic mass is 16.3. The van der Waals surface area contributed by atoms with Crippen LogP contribution >= 0.6 is 0 Å². The second kappa shape index (κ2) is 4.24. The van der Waals surface area contributed by atoms with E-state index in [1.165, 1.54) is 32.0 Å². The lowest BCUT2D eigenvalue weighted by Crippen LogP contribution is -2.63. The molecule has 1 heterocycles. The summed E-state index contributed by atoms with van der Waals surface area (Å²) in [6.07, 6.45) is 0. The van der Waals surface area contributed by atoms with Crippen molar-refractivity contribution in [2.75, 3.05) is 14.1 Å². The molecule has 2 N–H and O–H groups in total. The number of phenols is 1. The molecule has 0 radical (unpaired) electrons. The lowest BCUT2D eigenvalue weighted by atomic mass is 9.85. The van der Waals surface area contributed by atoms with Gasteiger partial charge in [-0.3, -0.25) is 9.69 Å².